The molecule has 1 aromatic heterocycles. The Labute approximate surface area is 125 Å². The molecule has 1 heterocycles. The quantitative estimate of drug-likeness (QED) is 0.623. The fourth-order valence-electron chi connectivity index (χ4n) is 1.79. The van der Waals surface area contributed by atoms with Gasteiger partial charge in [-0.15, -0.1) is 0 Å². The first-order valence-electron chi connectivity index (χ1n) is 6.37. The smallest absolute Gasteiger partial charge is 0.332 e. The van der Waals surface area contributed by atoms with Gasteiger partial charge in [0, 0.05) is 20.2 Å². The number of nitrogens with one attached hydrogen (secondary N) is 1. The van der Waals surface area contributed by atoms with E-state index in [1.165, 1.54) is 44.1 Å². The van der Waals surface area contributed by atoms with Crippen molar-refractivity contribution in [2.75, 3.05) is 12.5 Å². The number of phenols is 1. The van der Waals surface area contributed by atoms with Crippen molar-refractivity contribution in [2.24, 2.45) is 19.2 Å². The summed E-state index contributed by atoms with van der Waals surface area (Å²) in [7, 11) is 4.38. The van der Waals surface area contributed by atoms with E-state index < -0.39 is 11.2 Å². The molecule has 0 radical (unpaired) electrons. The number of benzene rings is 1. The minimum Gasteiger partial charge on any atom is -0.504 e. The second-order valence-electron chi connectivity index (χ2n) is 4.57. The van der Waals surface area contributed by atoms with Crippen molar-refractivity contribution in [3.63, 3.8) is 0 Å². The molecule has 0 aliphatic carbocycles. The van der Waals surface area contributed by atoms with Crippen LogP contribution in [0.5, 0.6) is 11.5 Å². The maximum absolute atomic E-state index is 11.8. The molecule has 0 atom stereocenters. The molecule has 0 saturated carbocycles. The number of anilines is 1. The Kier molecular flexibility index (Phi) is 4.31. The van der Waals surface area contributed by atoms with E-state index in [1.54, 1.807) is 12.1 Å². The summed E-state index contributed by atoms with van der Waals surface area (Å²) < 4.78 is 7.27. The highest BCUT2D eigenvalue weighted by molar-refractivity contribution is 5.81. The predicted molar refractivity (Wildman–Crippen MR) is 82.8 cm³/mol. The van der Waals surface area contributed by atoms with Crippen LogP contribution >= 0.6 is 0 Å². The molecule has 22 heavy (non-hydrogen) atoms. The number of aromatic nitrogens is 2. The van der Waals surface area contributed by atoms with Gasteiger partial charge in [0.05, 0.1) is 13.3 Å². The van der Waals surface area contributed by atoms with E-state index in [-0.39, 0.29) is 11.6 Å². The molecule has 0 aliphatic heterocycles. The van der Waals surface area contributed by atoms with Crippen molar-refractivity contribution in [1.29, 1.82) is 0 Å². The van der Waals surface area contributed by atoms with Crippen LogP contribution in [0, 0.1) is 0 Å². The van der Waals surface area contributed by atoms with Crippen LogP contribution in [0.4, 0.5) is 5.82 Å². The Balaban J connectivity index is 2.23. The lowest BCUT2D eigenvalue weighted by atomic mass is 10.2. The second-order valence-corrected chi connectivity index (χ2v) is 4.57. The van der Waals surface area contributed by atoms with Crippen LogP contribution in [-0.4, -0.2) is 27.6 Å². The number of hydrogen-bond donors (Lipinski definition) is 2. The maximum atomic E-state index is 11.8. The summed E-state index contributed by atoms with van der Waals surface area (Å²) in [6.07, 6.45) is 1.48. The molecule has 0 saturated heterocycles. The highest BCUT2D eigenvalue weighted by atomic mass is 16.5. The van der Waals surface area contributed by atoms with Gasteiger partial charge in [0.2, 0.25) is 0 Å². The summed E-state index contributed by atoms with van der Waals surface area (Å²) in [5, 5.41) is 13.5. The number of methoxy groups -OCH3 is 1. The van der Waals surface area contributed by atoms with Gasteiger partial charge in [-0.2, -0.15) is 5.10 Å². The van der Waals surface area contributed by atoms with Gasteiger partial charge in [0.1, 0.15) is 5.82 Å². The van der Waals surface area contributed by atoms with E-state index >= 15 is 0 Å². The lowest BCUT2D eigenvalue weighted by Crippen LogP contribution is -2.37. The normalized spacial score (nSPS) is 10.9. The van der Waals surface area contributed by atoms with Gasteiger partial charge in [-0.25, -0.2) is 4.79 Å². The molecule has 1 aromatic carbocycles. The molecule has 0 unspecified atom stereocenters. The highest BCUT2D eigenvalue weighted by Crippen LogP contribution is 2.25. The highest BCUT2D eigenvalue weighted by Gasteiger charge is 2.04. The molecule has 0 aliphatic rings. The molecule has 8 heteroatoms. The van der Waals surface area contributed by atoms with Crippen molar-refractivity contribution >= 4 is 12.0 Å². The molecule has 2 N–H and O–H groups in total. The molecule has 0 amide bonds. The summed E-state index contributed by atoms with van der Waals surface area (Å²) in [6, 6.07) is 6.00. The molecule has 0 fully saturated rings. The van der Waals surface area contributed by atoms with Crippen LogP contribution in [-0.2, 0) is 14.1 Å². The largest absolute Gasteiger partial charge is 0.504 e. The average Bonchev–Trinajstić information content (AvgIpc) is 2.51. The molecule has 0 spiro atoms. The monoisotopic (exact) mass is 304 g/mol. The summed E-state index contributed by atoms with van der Waals surface area (Å²) in [4.78, 5) is 23.3. The molecule has 8 nitrogen and oxygen atoms in total. The third kappa shape index (κ3) is 3.00. The van der Waals surface area contributed by atoms with Crippen molar-refractivity contribution in [3.8, 4) is 11.5 Å². The fraction of sp³-hybridized carbons (Fsp3) is 0.214. The standard InChI is InChI=1S/C14H16N4O4/c1-17-12(7-13(20)18(2)14(17)21)16-15-8-9-4-5-10(19)11(6-9)22-3/h4-8,16,19H,1-3H3. The van der Waals surface area contributed by atoms with E-state index in [4.69, 9.17) is 4.74 Å². The Hall–Kier alpha value is -3.03. The van der Waals surface area contributed by atoms with E-state index in [1.807, 2.05) is 0 Å². The van der Waals surface area contributed by atoms with Crippen molar-refractivity contribution in [1.82, 2.24) is 9.13 Å². The summed E-state index contributed by atoms with van der Waals surface area (Å²) >= 11 is 0. The zero-order valence-electron chi connectivity index (χ0n) is 12.4. The zero-order chi connectivity index (χ0) is 16.3. The number of ether oxygens (including phenoxy) is 1. The lowest BCUT2D eigenvalue weighted by Gasteiger charge is -2.08. The van der Waals surface area contributed by atoms with Gasteiger partial charge in [0.15, 0.2) is 11.5 Å². The fourth-order valence-corrected chi connectivity index (χ4v) is 1.79. The van der Waals surface area contributed by atoms with Crippen LogP contribution in [0.3, 0.4) is 0 Å². The van der Waals surface area contributed by atoms with E-state index in [9.17, 15) is 14.7 Å². The minimum absolute atomic E-state index is 0.0292. The van der Waals surface area contributed by atoms with Crippen LogP contribution in [0.1, 0.15) is 5.56 Å². The van der Waals surface area contributed by atoms with Crippen molar-refractivity contribution in [3.05, 3.63) is 50.7 Å². The Morgan fingerprint density at radius 3 is 2.64 bits per heavy atom. The third-order valence-corrected chi connectivity index (χ3v) is 3.12. The Morgan fingerprint density at radius 1 is 1.23 bits per heavy atom. The van der Waals surface area contributed by atoms with Crippen molar-refractivity contribution < 1.29 is 9.84 Å². The first-order valence-corrected chi connectivity index (χ1v) is 6.37. The van der Waals surface area contributed by atoms with E-state index in [2.05, 4.69) is 10.5 Å². The number of phenolic OH excluding ortho intramolecular Hbond substituents is 1. The minimum atomic E-state index is -0.448. The average molecular weight is 304 g/mol. The van der Waals surface area contributed by atoms with Crippen LogP contribution in [0.15, 0.2) is 39.0 Å². The van der Waals surface area contributed by atoms with Gasteiger partial charge in [-0.3, -0.25) is 19.4 Å². The van der Waals surface area contributed by atoms with Crippen LogP contribution < -0.4 is 21.4 Å². The van der Waals surface area contributed by atoms with Crippen LogP contribution in [0.2, 0.25) is 0 Å². The number of aromatic hydroxyl groups is 1. The second kappa shape index (κ2) is 6.17. The Morgan fingerprint density at radius 2 is 1.95 bits per heavy atom. The van der Waals surface area contributed by atoms with Crippen molar-refractivity contribution in [2.45, 2.75) is 0 Å². The number of rotatable bonds is 4. The van der Waals surface area contributed by atoms with Gasteiger partial charge in [-0.1, -0.05) is 0 Å². The number of hydrazone groups is 1. The van der Waals surface area contributed by atoms with Gasteiger partial charge < -0.3 is 9.84 Å². The van der Waals surface area contributed by atoms with Gasteiger partial charge >= 0.3 is 5.69 Å². The Bertz CT molecular complexity index is 836. The maximum Gasteiger partial charge on any atom is 0.332 e. The third-order valence-electron chi connectivity index (χ3n) is 3.12. The van der Waals surface area contributed by atoms with E-state index in [0.717, 1.165) is 4.57 Å². The van der Waals surface area contributed by atoms with Gasteiger partial charge in [-0.05, 0) is 23.8 Å². The molecule has 0 bridgehead atoms. The lowest BCUT2D eigenvalue weighted by molar-refractivity contribution is 0.373. The first-order chi connectivity index (χ1) is 10.4. The summed E-state index contributed by atoms with van der Waals surface area (Å²) in [6.45, 7) is 0. The number of nitrogens with zero attached hydrogens (tertiary/aromatic N) is 3. The molecule has 2 aromatic rings. The molecule has 116 valence electrons. The molecular weight excluding hydrogens is 288 g/mol. The zero-order valence-corrected chi connectivity index (χ0v) is 12.4. The van der Waals surface area contributed by atoms with Gasteiger partial charge in [0.25, 0.3) is 5.56 Å². The molecular formula is C14H16N4O4. The summed E-state index contributed by atoms with van der Waals surface area (Å²) in [5.41, 5.74) is 2.44. The number of hydrogen-bond acceptors (Lipinski definition) is 6. The first kappa shape index (κ1) is 15.4. The van der Waals surface area contributed by atoms with Crippen LogP contribution in [0.25, 0.3) is 0 Å². The topological polar surface area (TPSA) is 97.9 Å². The predicted octanol–water partition coefficient (Wildman–Crippen LogP) is 0.244. The SMILES string of the molecule is COc1cc(C=NNc2cc(=O)n(C)c(=O)n2C)ccc1O. The van der Waals surface area contributed by atoms with E-state index in [0.29, 0.717) is 11.3 Å². The molecule has 2 rings (SSSR count). The summed E-state index contributed by atoms with van der Waals surface area (Å²) in [5.74, 6) is 0.626.